The smallest absolute Gasteiger partial charge is 0.280 e. The molecule has 0 aliphatic rings. The van der Waals surface area contributed by atoms with Gasteiger partial charge in [0, 0.05) is 14.3 Å². The lowest BCUT2D eigenvalue weighted by atomic mass is 10.1. The molecule has 1 aromatic carbocycles. The van der Waals surface area contributed by atoms with Crippen molar-refractivity contribution in [2.45, 2.75) is 6.43 Å². The molecule has 17 heavy (non-hydrogen) atoms. The van der Waals surface area contributed by atoms with Crippen molar-refractivity contribution < 1.29 is 8.78 Å². The van der Waals surface area contributed by atoms with Crippen molar-refractivity contribution in [2.75, 3.05) is 5.43 Å². The molecular weight excluding hydrogens is 360 g/mol. The van der Waals surface area contributed by atoms with E-state index in [4.69, 9.17) is 5.84 Å². The summed E-state index contributed by atoms with van der Waals surface area (Å²) in [4.78, 5) is 3.91. The summed E-state index contributed by atoms with van der Waals surface area (Å²) in [6.07, 6.45) is -2.64. The second-order valence-corrected chi connectivity index (χ2v) is 5.09. The van der Waals surface area contributed by atoms with E-state index in [2.05, 4.69) is 42.3 Å². The molecule has 2 aromatic rings. The Hall–Kier alpha value is -0.790. The van der Waals surface area contributed by atoms with Crippen LogP contribution in [0.1, 0.15) is 12.1 Å². The highest BCUT2D eigenvalue weighted by Crippen LogP contribution is 2.33. The molecule has 3 N–H and O–H groups in total. The third-order valence-electron chi connectivity index (χ3n) is 2.23. The first-order valence-corrected chi connectivity index (χ1v) is 6.16. The average Bonchev–Trinajstić information content (AvgIpc) is 2.27. The number of alkyl halides is 2. The van der Waals surface area contributed by atoms with E-state index >= 15 is 0 Å². The monoisotopic (exact) mass is 365 g/mol. The number of hydrazine groups is 1. The molecule has 3 nitrogen and oxygen atoms in total. The van der Waals surface area contributed by atoms with E-state index in [9.17, 15) is 8.78 Å². The third kappa shape index (κ3) is 2.41. The number of pyridine rings is 1. The number of rotatable bonds is 2. The van der Waals surface area contributed by atoms with Crippen molar-refractivity contribution >= 4 is 48.5 Å². The first kappa shape index (κ1) is 12.7. The maximum absolute atomic E-state index is 12.7. The van der Waals surface area contributed by atoms with Crippen molar-refractivity contribution in [2.24, 2.45) is 5.84 Å². The van der Waals surface area contributed by atoms with Gasteiger partial charge in [-0.05, 0) is 34.1 Å². The molecule has 7 heteroatoms. The molecule has 1 aromatic heterocycles. The number of fused-ring (bicyclic) bond motifs is 1. The van der Waals surface area contributed by atoms with Crippen LogP contribution in [-0.4, -0.2) is 4.98 Å². The average molecular weight is 367 g/mol. The SMILES string of the molecule is NNc1cc(C(F)F)nc2c(Br)cc(Br)cc12. The van der Waals surface area contributed by atoms with E-state index in [1.165, 1.54) is 6.07 Å². The fourth-order valence-corrected chi connectivity index (χ4v) is 2.82. The largest absolute Gasteiger partial charge is 0.323 e. The van der Waals surface area contributed by atoms with E-state index in [1.54, 1.807) is 12.1 Å². The number of aromatic nitrogens is 1. The summed E-state index contributed by atoms with van der Waals surface area (Å²) in [5.41, 5.74) is 2.95. The number of benzene rings is 1. The summed E-state index contributed by atoms with van der Waals surface area (Å²) in [5.74, 6) is 5.33. The van der Waals surface area contributed by atoms with Gasteiger partial charge in [-0.15, -0.1) is 0 Å². The summed E-state index contributed by atoms with van der Waals surface area (Å²) in [5, 5.41) is 0.665. The number of nitrogens with two attached hydrogens (primary N) is 1. The van der Waals surface area contributed by atoms with Crippen LogP contribution in [0.25, 0.3) is 10.9 Å². The topological polar surface area (TPSA) is 50.9 Å². The molecule has 0 spiro atoms. The number of halogens is 4. The molecule has 0 saturated heterocycles. The van der Waals surface area contributed by atoms with Gasteiger partial charge in [0.1, 0.15) is 5.69 Å². The number of nitrogens with zero attached hydrogens (tertiary/aromatic N) is 1. The lowest BCUT2D eigenvalue weighted by Gasteiger charge is -2.10. The Morgan fingerprint density at radius 3 is 2.53 bits per heavy atom. The zero-order chi connectivity index (χ0) is 12.6. The Labute approximate surface area is 113 Å². The number of hydrogen-bond acceptors (Lipinski definition) is 3. The highest BCUT2D eigenvalue weighted by Gasteiger charge is 2.14. The van der Waals surface area contributed by atoms with Crippen molar-refractivity contribution in [1.82, 2.24) is 4.98 Å². The predicted octanol–water partition coefficient (Wildman–Crippen LogP) is 3.98. The minimum atomic E-state index is -2.64. The maximum Gasteiger partial charge on any atom is 0.280 e. The van der Waals surface area contributed by atoms with Crippen molar-refractivity contribution in [1.29, 1.82) is 0 Å². The van der Waals surface area contributed by atoms with Crippen LogP contribution in [0, 0.1) is 0 Å². The second-order valence-electron chi connectivity index (χ2n) is 3.32. The van der Waals surface area contributed by atoms with Gasteiger partial charge in [0.05, 0.1) is 11.2 Å². The Morgan fingerprint density at radius 2 is 1.94 bits per heavy atom. The van der Waals surface area contributed by atoms with Gasteiger partial charge >= 0.3 is 0 Å². The van der Waals surface area contributed by atoms with Gasteiger partial charge in [0.25, 0.3) is 6.43 Å². The van der Waals surface area contributed by atoms with E-state index in [-0.39, 0.29) is 5.69 Å². The first-order chi connectivity index (χ1) is 8.02. The van der Waals surface area contributed by atoms with Crippen LogP contribution in [-0.2, 0) is 0 Å². The summed E-state index contributed by atoms with van der Waals surface area (Å²) >= 11 is 6.61. The van der Waals surface area contributed by atoms with E-state index < -0.39 is 6.43 Å². The van der Waals surface area contributed by atoms with Crippen LogP contribution in [0.3, 0.4) is 0 Å². The minimum Gasteiger partial charge on any atom is -0.323 e. The maximum atomic E-state index is 12.7. The minimum absolute atomic E-state index is 0.312. The molecule has 1 heterocycles. The molecule has 0 saturated carbocycles. The normalized spacial score (nSPS) is 11.2. The molecule has 0 aliphatic carbocycles. The second kappa shape index (κ2) is 4.83. The summed E-state index contributed by atoms with van der Waals surface area (Å²) < 4.78 is 26.8. The van der Waals surface area contributed by atoms with Crippen molar-refractivity contribution in [3.63, 3.8) is 0 Å². The number of nitrogens with one attached hydrogen (secondary N) is 1. The molecule has 0 unspecified atom stereocenters. The van der Waals surface area contributed by atoms with Crippen LogP contribution < -0.4 is 11.3 Å². The van der Waals surface area contributed by atoms with Crippen LogP contribution in [0.4, 0.5) is 14.5 Å². The van der Waals surface area contributed by atoms with Crippen molar-refractivity contribution in [3.8, 4) is 0 Å². The van der Waals surface area contributed by atoms with Gasteiger partial charge in [0.15, 0.2) is 0 Å². The van der Waals surface area contributed by atoms with Crippen LogP contribution >= 0.6 is 31.9 Å². The molecular formula is C10H7Br2F2N3. The summed E-state index contributed by atoms with van der Waals surface area (Å²) in [6, 6.07) is 4.74. The molecule has 90 valence electrons. The first-order valence-electron chi connectivity index (χ1n) is 4.57. The van der Waals surface area contributed by atoms with Gasteiger partial charge < -0.3 is 5.43 Å². The molecule has 0 atom stereocenters. The van der Waals surface area contributed by atoms with E-state index in [0.29, 0.717) is 21.1 Å². The van der Waals surface area contributed by atoms with Crippen LogP contribution in [0.2, 0.25) is 0 Å². The van der Waals surface area contributed by atoms with E-state index in [1.807, 2.05) is 0 Å². The van der Waals surface area contributed by atoms with Gasteiger partial charge in [-0.25, -0.2) is 13.8 Å². The molecule has 0 aliphatic heterocycles. The number of nitrogen functional groups attached to an aromatic ring is 1. The molecule has 2 rings (SSSR count). The number of anilines is 1. The Bertz CT molecular complexity index is 575. The molecule has 0 amide bonds. The van der Waals surface area contributed by atoms with Crippen molar-refractivity contribution in [3.05, 3.63) is 32.8 Å². The Kier molecular flexibility index (Phi) is 3.60. The van der Waals surface area contributed by atoms with Crippen LogP contribution in [0.15, 0.2) is 27.1 Å². The summed E-state index contributed by atoms with van der Waals surface area (Å²) in [7, 11) is 0. The van der Waals surface area contributed by atoms with Gasteiger partial charge in [-0.1, -0.05) is 15.9 Å². The lowest BCUT2D eigenvalue weighted by molar-refractivity contribution is 0.146. The molecule has 0 fully saturated rings. The lowest BCUT2D eigenvalue weighted by Crippen LogP contribution is -2.08. The van der Waals surface area contributed by atoms with E-state index in [0.717, 1.165) is 4.47 Å². The number of hydrogen-bond donors (Lipinski definition) is 2. The Morgan fingerprint density at radius 1 is 1.24 bits per heavy atom. The predicted molar refractivity (Wildman–Crippen MR) is 69.9 cm³/mol. The quantitative estimate of drug-likeness (QED) is 0.624. The van der Waals surface area contributed by atoms with Gasteiger partial charge in [-0.3, -0.25) is 5.84 Å². The molecule has 0 radical (unpaired) electrons. The zero-order valence-electron chi connectivity index (χ0n) is 8.35. The van der Waals surface area contributed by atoms with Crippen LogP contribution in [0.5, 0.6) is 0 Å². The summed E-state index contributed by atoms with van der Waals surface area (Å²) in [6.45, 7) is 0. The Balaban J connectivity index is 2.82. The fourth-order valence-electron chi connectivity index (χ4n) is 1.50. The fraction of sp³-hybridized carbons (Fsp3) is 0.100. The molecule has 0 bridgehead atoms. The standard InChI is InChI=1S/C10H7Br2F2N3/c11-4-1-5-7(17-15)3-8(10(13)14)16-9(5)6(12)2-4/h1-3,10H,15H2,(H,16,17). The van der Waals surface area contributed by atoms with Gasteiger partial charge in [-0.2, -0.15) is 0 Å². The third-order valence-corrected chi connectivity index (χ3v) is 3.29. The van der Waals surface area contributed by atoms with Gasteiger partial charge in [0.2, 0.25) is 0 Å². The highest BCUT2D eigenvalue weighted by molar-refractivity contribution is 9.11. The zero-order valence-corrected chi connectivity index (χ0v) is 11.5. The highest BCUT2D eigenvalue weighted by atomic mass is 79.9.